The van der Waals surface area contributed by atoms with Gasteiger partial charge in [0.25, 0.3) is 0 Å². The molecule has 0 saturated carbocycles. The molecule has 1 heterocycles. The summed E-state index contributed by atoms with van der Waals surface area (Å²) < 4.78 is 36.2. The van der Waals surface area contributed by atoms with Crippen molar-refractivity contribution in [1.82, 2.24) is 4.98 Å². The molecular formula is C8H9F3N2O2S. The summed E-state index contributed by atoms with van der Waals surface area (Å²) in [6.45, 7) is 0.296. The quantitative estimate of drug-likeness (QED) is 0.898. The molecule has 4 nitrogen and oxygen atoms in total. The predicted octanol–water partition coefficient (Wildman–Crippen LogP) is 2.15. The highest BCUT2D eigenvalue weighted by Gasteiger charge is 2.30. The third-order valence-corrected chi connectivity index (χ3v) is 2.98. The van der Waals surface area contributed by atoms with Gasteiger partial charge in [-0.25, -0.2) is 9.78 Å². The molecule has 0 aliphatic carbocycles. The lowest BCUT2D eigenvalue weighted by Gasteiger charge is -2.17. The number of rotatable bonds is 3. The van der Waals surface area contributed by atoms with Crippen LogP contribution >= 0.6 is 11.3 Å². The normalized spacial score (nSPS) is 11.6. The van der Waals surface area contributed by atoms with Crippen LogP contribution in [0, 0.1) is 6.92 Å². The zero-order valence-electron chi connectivity index (χ0n) is 8.50. The Balaban J connectivity index is 2.89. The van der Waals surface area contributed by atoms with Crippen molar-refractivity contribution in [3.63, 3.8) is 0 Å². The Bertz CT molecular complexity index is 402. The second-order valence-corrected chi connectivity index (χ2v) is 4.16. The minimum Gasteiger partial charge on any atom is -0.477 e. The number of alkyl halides is 3. The topological polar surface area (TPSA) is 53.4 Å². The number of halogens is 3. The highest BCUT2D eigenvalue weighted by molar-refractivity contribution is 7.17. The van der Waals surface area contributed by atoms with Crippen LogP contribution < -0.4 is 4.90 Å². The van der Waals surface area contributed by atoms with E-state index < -0.39 is 18.7 Å². The number of carboxylic acids is 1. The molecule has 1 N–H and O–H groups in total. The largest absolute Gasteiger partial charge is 0.477 e. The third kappa shape index (κ3) is 3.09. The van der Waals surface area contributed by atoms with Crippen molar-refractivity contribution >= 4 is 22.4 Å². The maximum absolute atomic E-state index is 12.1. The van der Waals surface area contributed by atoms with Gasteiger partial charge in [-0.3, -0.25) is 0 Å². The van der Waals surface area contributed by atoms with Crippen molar-refractivity contribution in [3.8, 4) is 0 Å². The fourth-order valence-electron chi connectivity index (χ4n) is 1.08. The van der Waals surface area contributed by atoms with Gasteiger partial charge in [-0.15, -0.1) is 0 Å². The molecule has 0 amide bonds. The lowest BCUT2D eigenvalue weighted by Crippen LogP contribution is -2.30. The monoisotopic (exact) mass is 254 g/mol. The molecule has 1 rings (SSSR count). The summed E-state index contributed by atoms with van der Waals surface area (Å²) in [5, 5.41) is 8.77. The first kappa shape index (κ1) is 12.8. The minimum absolute atomic E-state index is 0.0379. The van der Waals surface area contributed by atoms with Crippen LogP contribution in [0.3, 0.4) is 0 Å². The summed E-state index contributed by atoms with van der Waals surface area (Å²) in [6, 6.07) is 0. The van der Waals surface area contributed by atoms with E-state index in [9.17, 15) is 18.0 Å². The molecule has 0 saturated heterocycles. The number of carbonyl (C=O) groups is 1. The minimum atomic E-state index is -4.34. The summed E-state index contributed by atoms with van der Waals surface area (Å²) in [5.41, 5.74) is 0.224. The zero-order valence-corrected chi connectivity index (χ0v) is 9.32. The van der Waals surface area contributed by atoms with E-state index in [1.165, 1.54) is 14.0 Å². The standard InChI is InChI=1S/C8H9F3N2O2S/c1-4-5(6(14)15)16-7(12-4)13(2)3-8(9,10)11/h3H2,1-2H3,(H,14,15). The number of aryl methyl sites for hydroxylation is 1. The second kappa shape index (κ2) is 4.28. The average Bonchev–Trinajstić information content (AvgIpc) is 2.44. The molecular weight excluding hydrogens is 245 g/mol. The van der Waals surface area contributed by atoms with Gasteiger partial charge in [0.1, 0.15) is 11.4 Å². The summed E-state index contributed by atoms with van der Waals surface area (Å²) in [5.74, 6) is -1.18. The predicted molar refractivity (Wildman–Crippen MR) is 53.1 cm³/mol. The van der Waals surface area contributed by atoms with Crippen molar-refractivity contribution in [2.24, 2.45) is 0 Å². The average molecular weight is 254 g/mol. The number of thiazole rings is 1. The summed E-state index contributed by atoms with van der Waals surface area (Å²) in [4.78, 5) is 15.3. The van der Waals surface area contributed by atoms with Crippen LogP contribution in [0.4, 0.5) is 18.3 Å². The fraction of sp³-hybridized carbons (Fsp3) is 0.500. The van der Waals surface area contributed by atoms with Gasteiger partial charge >= 0.3 is 12.1 Å². The van der Waals surface area contributed by atoms with Crippen molar-refractivity contribution < 1.29 is 23.1 Å². The number of anilines is 1. The lowest BCUT2D eigenvalue weighted by molar-refractivity contribution is -0.119. The molecule has 0 bridgehead atoms. The molecule has 0 fully saturated rings. The first-order valence-electron chi connectivity index (χ1n) is 4.19. The number of hydrogen-bond acceptors (Lipinski definition) is 4. The zero-order chi connectivity index (χ0) is 12.5. The molecule has 0 atom stereocenters. The van der Waals surface area contributed by atoms with Gasteiger partial charge in [0, 0.05) is 7.05 Å². The second-order valence-electron chi connectivity index (χ2n) is 3.19. The molecule has 8 heteroatoms. The van der Waals surface area contributed by atoms with Gasteiger partial charge in [-0.1, -0.05) is 11.3 Å². The Morgan fingerprint density at radius 1 is 1.56 bits per heavy atom. The third-order valence-electron chi connectivity index (χ3n) is 1.72. The van der Waals surface area contributed by atoms with Crippen LogP contribution in [0.15, 0.2) is 0 Å². The van der Waals surface area contributed by atoms with E-state index in [4.69, 9.17) is 5.11 Å². The maximum atomic E-state index is 12.1. The number of aromatic carboxylic acids is 1. The summed E-state index contributed by atoms with van der Waals surface area (Å²) in [6.07, 6.45) is -4.34. The van der Waals surface area contributed by atoms with E-state index in [-0.39, 0.29) is 15.7 Å². The molecule has 16 heavy (non-hydrogen) atoms. The molecule has 0 aliphatic rings. The maximum Gasteiger partial charge on any atom is 0.405 e. The fourth-order valence-corrected chi connectivity index (χ4v) is 1.95. The first-order valence-corrected chi connectivity index (χ1v) is 5.01. The van der Waals surface area contributed by atoms with E-state index in [0.717, 1.165) is 16.2 Å². The molecule has 0 aliphatic heterocycles. The number of hydrogen-bond donors (Lipinski definition) is 1. The highest BCUT2D eigenvalue weighted by atomic mass is 32.1. The Hall–Kier alpha value is -1.31. The van der Waals surface area contributed by atoms with E-state index in [1.807, 2.05) is 0 Å². The van der Waals surface area contributed by atoms with E-state index in [1.54, 1.807) is 0 Å². The van der Waals surface area contributed by atoms with Crippen LogP contribution in [-0.4, -0.2) is 35.8 Å². The number of aromatic nitrogens is 1. The van der Waals surface area contributed by atoms with Crippen LogP contribution in [0.2, 0.25) is 0 Å². The van der Waals surface area contributed by atoms with Crippen LogP contribution in [0.1, 0.15) is 15.4 Å². The van der Waals surface area contributed by atoms with E-state index in [0.29, 0.717) is 0 Å². The van der Waals surface area contributed by atoms with E-state index >= 15 is 0 Å². The van der Waals surface area contributed by atoms with Crippen molar-refractivity contribution in [2.45, 2.75) is 13.1 Å². The van der Waals surface area contributed by atoms with Gasteiger partial charge in [0.15, 0.2) is 5.13 Å². The van der Waals surface area contributed by atoms with Crippen molar-refractivity contribution in [2.75, 3.05) is 18.5 Å². The Labute approximate surface area is 93.3 Å². The van der Waals surface area contributed by atoms with Gasteiger partial charge in [-0.05, 0) is 6.92 Å². The van der Waals surface area contributed by atoms with Gasteiger partial charge in [0.2, 0.25) is 0 Å². The van der Waals surface area contributed by atoms with Crippen LogP contribution in [0.5, 0.6) is 0 Å². The Kier molecular flexibility index (Phi) is 3.41. The molecule has 1 aromatic heterocycles. The highest BCUT2D eigenvalue weighted by Crippen LogP contribution is 2.27. The first-order chi connectivity index (χ1) is 7.20. The SMILES string of the molecule is Cc1nc(N(C)CC(F)(F)F)sc1C(=O)O. The van der Waals surface area contributed by atoms with Crippen LogP contribution in [0.25, 0.3) is 0 Å². The van der Waals surface area contributed by atoms with E-state index in [2.05, 4.69) is 4.98 Å². The smallest absolute Gasteiger partial charge is 0.405 e. The van der Waals surface area contributed by atoms with Gasteiger partial charge < -0.3 is 10.0 Å². The molecule has 0 radical (unpaired) electrons. The lowest BCUT2D eigenvalue weighted by atomic mass is 10.4. The van der Waals surface area contributed by atoms with Gasteiger partial charge in [0.05, 0.1) is 5.69 Å². The summed E-state index contributed by atoms with van der Waals surface area (Å²) in [7, 11) is 1.22. The Morgan fingerprint density at radius 3 is 2.50 bits per heavy atom. The molecule has 1 aromatic rings. The van der Waals surface area contributed by atoms with Gasteiger partial charge in [-0.2, -0.15) is 13.2 Å². The Morgan fingerprint density at radius 2 is 2.12 bits per heavy atom. The molecule has 0 unspecified atom stereocenters. The van der Waals surface area contributed by atoms with Crippen LogP contribution in [-0.2, 0) is 0 Å². The summed E-state index contributed by atoms with van der Waals surface area (Å²) >= 11 is 0.732. The number of carboxylic acid groups (broad SMARTS) is 1. The van der Waals surface area contributed by atoms with Crippen molar-refractivity contribution in [3.05, 3.63) is 10.6 Å². The van der Waals surface area contributed by atoms with Crippen molar-refractivity contribution in [1.29, 1.82) is 0 Å². The molecule has 0 aromatic carbocycles. The molecule has 0 spiro atoms. The molecule has 90 valence electrons. The number of nitrogens with zero attached hydrogens (tertiary/aromatic N) is 2.